The van der Waals surface area contributed by atoms with Crippen molar-refractivity contribution in [2.75, 3.05) is 6.54 Å². The van der Waals surface area contributed by atoms with Crippen molar-refractivity contribution in [2.24, 2.45) is 0 Å². The fourth-order valence-corrected chi connectivity index (χ4v) is 1.88. The highest BCUT2D eigenvalue weighted by atomic mass is 19.1. The van der Waals surface area contributed by atoms with Gasteiger partial charge in [0.1, 0.15) is 5.82 Å². The molecule has 2 aromatic rings. The highest BCUT2D eigenvalue weighted by molar-refractivity contribution is 5.76. The van der Waals surface area contributed by atoms with Gasteiger partial charge in [0.25, 0.3) is 0 Å². The summed E-state index contributed by atoms with van der Waals surface area (Å²) in [6, 6.07) is 10.3. The molecule has 1 N–H and O–H groups in total. The molecule has 19 heavy (non-hydrogen) atoms. The molecule has 1 heterocycles. The van der Waals surface area contributed by atoms with Crippen LogP contribution in [0.25, 0.3) is 0 Å². The molecule has 0 aliphatic carbocycles. The van der Waals surface area contributed by atoms with Crippen LogP contribution in [0.2, 0.25) is 0 Å². The lowest BCUT2D eigenvalue weighted by atomic mass is 10.1. The third-order valence-electron chi connectivity index (χ3n) is 2.89. The van der Waals surface area contributed by atoms with Crippen molar-refractivity contribution in [1.29, 1.82) is 0 Å². The largest absolute Gasteiger partial charge is 0.354 e. The Balaban J connectivity index is 1.67. The van der Waals surface area contributed by atoms with Gasteiger partial charge in [-0.2, -0.15) is 0 Å². The van der Waals surface area contributed by atoms with E-state index in [-0.39, 0.29) is 11.7 Å². The number of carbonyl (C=O) groups is 1. The molecule has 0 saturated heterocycles. The Morgan fingerprint density at radius 1 is 1.21 bits per heavy atom. The van der Waals surface area contributed by atoms with E-state index < -0.39 is 0 Å². The van der Waals surface area contributed by atoms with Gasteiger partial charge in [-0.1, -0.05) is 12.1 Å². The second kappa shape index (κ2) is 6.73. The topological polar surface area (TPSA) is 34.0 Å². The Morgan fingerprint density at radius 2 is 2.00 bits per heavy atom. The SMILES string of the molecule is O=C(CCc1cccc(F)c1)NCCn1cccc1. The Kier molecular flexibility index (Phi) is 4.72. The molecule has 0 aliphatic heterocycles. The first-order valence-electron chi connectivity index (χ1n) is 6.36. The number of amides is 1. The van der Waals surface area contributed by atoms with Gasteiger partial charge in [-0.25, -0.2) is 4.39 Å². The lowest BCUT2D eigenvalue weighted by Gasteiger charge is -2.06. The maximum absolute atomic E-state index is 12.9. The first-order chi connectivity index (χ1) is 9.24. The minimum atomic E-state index is -0.259. The number of hydrogen-bond acceptors (Lipinski definition) is 1. The molecule has 0 saturated carbocycles. The Morgan fingerprint density at radius 3 is 2.74 bits per heavy atom. The molecule has 0 radical (unpaired) electrons. The number of nitrogens with zero attached hydrogens (tertiary/aromatic N) is 1. The van der Waals surface area contributed by atoms with Gasteiger partial charge in [-0.05, 0) is 36.2 Å². The van der Waals surface area contributed by atoms with Crippen molar-refractivity contribution >= 4 is 5.91 Å². The molecule has 100 valence electrons. The maximum Gasteiger partial charge on any atom is 0.220 e. The zero-order valence-electron chi connectivity index (χ0n) is 10.7. The van der Waals surface area contributed by atoms with Gasteiger partial charge < -0.3 is 9.88 Å². The summed E-state index contributed by atoms with van der Waals surface area (Å²) in [5.41, 5.74) is 0.848. The molecule has 1 aromatic heterocycles. The third-order valence-corrected chi connectivity index (χ3v) is 2.89. The van der Waals surface area contributed by atoms with Gasteiger partial charge in [-0.3, -0.25) is 4.79 Å². The summed E-state index contributed by atoms with van der Waals surface area (Å²) < 4.78 is 15.0. The van der Waals surface area contributed by atoms with Crippen molar-refractivity contribution in [3.63, 3.8) is 0 Å². The minimum Gasteiger partial charge on any atom is -0.354 e. The van der Waals surface area contributed by atoms with Gasteiger partial charge in [-0.15, -0.1) is 0 Å². The Bertz CT molecular complexity index is 523. The summed E-state index contributed by atoms with van der Waals surface area (Å²) in [6.07, 6.45) is 4.86. The average molecular weight is 260 g/mol. The number of aromatic nitrogens is 1. The van der Waals surface area contributed by atoms with E-state index in [1.54, 1.807) is 6.07 Å². The number of hydrogen-bond donors (Lipinski definition) is 1. The van der Waals surface area contributed by atoms with Gasteiger partial charge in [0.05, 0.1) is 0 Å². The van der Waals surface area contributed by atoms with Gasteiger partial charge >= 0.3 is 0 Å². The van der Waals surface area contributed by atoms with Crippen LogP contribution in [0, 0.1) is 5.82 Å². The van der Waals surface area contributed by atoms with Crippen molar-refractivity contribution in [3.05, 3.63) is 60.2 Å². The lowest BCUT2D eigenvalue weighted by molar-refractivity contribution is -0.121. The number of carbonyl (C=O) groups excluding carboxylic acids is 1. The Hall–Kier alpha value is -2.10. The third kappa shape index (κ3) is 4.58. The normalized spacial score (nSPS) is 10.4. The van der Waals surface area contributed by atoms with Crippen LogP contribution in [0.5, 0.6) is 0 Å². The smallest absolute Gasteiger partial charge is 0.220 e. The highest BCUT2D eigenvalue weighted by Crippen LogP contribution is 2.05. The summed E-state index contributed by atoms with van der Waals surface area (Å²) in [6.45, 7) is 1.37. The molecule has 0 unspecified atom stereocenters. The van der Waals surface area contributed by atoms with Crippen molar-refractivity contribution in [2.45, 2.75) is 19.4 Å². The van der Waals surface area contributed by atoms with Crippen LogP contribution in [0.1, 0.15) is 12.0 Å². The summed E-state index contributed by atoms with van der Waals surface area (Å²) in [4.78, 5) is 11.6. The maximum atomic E-state index is 12.9. The zero-order valence-corrected chi connectivity index (χ0v) is 10.7. The number of aryl methyl sites for hydroxylation is 1. The molecule has 2 rings (SSSR count). The quantitative estimate of drug-likeness (QED) is 0.850. The molecular weight excluding hydrogens is 243 g/mol. The summed E-state index contributed by atoms with van der Waals surface area (Å²) in [5.74, 6) is -0.262. The molecule has 4 heteroatoms. The molecule has 3 nitrogen and oxygen atoms in total. The average Bonchev–Trinajstić information content (AvgIpc) is 2.90. The van der Waals surface area contributed by atoms with Crippen LogP contribution in [0.15, 0.2) is 48.8 Å². The number of nitrogens with one attached hydrogen (secondary N) is 1. The molecule has 0 aliphatic rings. The fraction of sp³-hybridized carbons (Fsp3) is 0.267. The van der Waals surface area contributed by atoms with Gasteiger partial charge in [0, 0.05) is 31.9 Å². The lowest BCUT2D eigenvalue weighted by Crippen LogP contribution is -2.27. The monoisotopic (exact) mass is 260 g/mol. The van der Waals surface area contributed by atoms with Gasteiger partial charge in [0.15, 0.2) is 0 Å². The van der Waals surface area contributed by atoms with Gasteiger partial charge in [0.2, 0.25) is 5.91 Å². The van der Waals surface area contributed by atoms with E-state index >= 15 is 0 Å². The number of halogens is 1. The van der Waals surface area contributed by atoms with E-state index in [1.165, 1.54) is 12.1 Å². The summed E-state index contributed by atoms with van der Waals surface area (Å²) in [7, 11) is 0. The van der Waals surface area contributed by atoms with Crippen LogP contribution in [-0.4, -0.2) is 17.0 Å². The fourth-order valence-electron chi connectivity index (χ4n) is 1.88. The molecular formula is C15H17FN2O. The molecule has 1 aromatic carbocycles. The standard InChI is InChI=1S/C15H17FN2O/c16-14-5-3-4-13(12-14)6-7-15(19)17-8-11-18-9-1-2-10-18/h1-5,9-10,12H,6-8,11H2,(H,17,19). The predicted molar refractivity (Wildman–Crippen MR) is 72.2 cm³/mol. The van der Waals surface area contributed by atoms with E-state index in [0.29, 0.717) is 19.4 Å². The van der Waals surface area contributed by atoms with E-state index in [2.05, 4.69) is 5.32 Å². The first kappa shape index (κ1) is 13.3. The van der Waals surface area contributed by atoms with E-state index in [4.69, 9.17) is 0 Å². The minimum absolute atomic E-state index is 0.00332. The number of benzene rings is 1. The first-order valence-corrected chi connectivity index (χ1v) is 6.36. The number of rotatable bonds is 6. The second-order valence-corrected chi connectivity index (χ2v) is 4.40. The Labute approximate surface area is 112 Å². The molecule has 0 atom stereocenters. The van der Waals surface area contributed by atoms with Crippen LogP contribution in [-0.2, 0) is 17.8 Å². The second-order valence-electron chi connectivity index (χ2n) is 4.40. The summed E-state index contributed by atoms with van der Waals surface area (Å²) in [5, 5.41) is 2.85. The molecule has 0 fully saturated rings. The molecule has 0 spiro atoms. The van der Waals surface area contributed by atoms with E-state index in [9.17, 15) is 9.18 Å². The van der Waals surface area contributed by atoms with Crippen molar-refractivity contribution in [3.8, 4) is 0 Å². The van der Waals surface area contributed by atoms with Crippen LogP contribution in [0.3, 0.4) is 0 Å². The zero-order chi connectivity index (χ0) is 13.5. The van der Waals surface area contributed by atoms with Crippen LogP contribution in [0.4, 0.5) is 4.39 Å². The highest BCUT2D eigenvalue weighted by Gasteiger charge is 2.02. The van der Waals surface area contributed by atoms with Crippen molar-refractivity contribution < 1.29 is 9.18 Å². The molecule has 1 amide bonds. The van der Waals surface area contributed by atoms with E-state index in [0.717, 1.165) is 12.1 Å². The van der Waals surface area contributed by atoms with E-state index in [1.807, 2.05) is 35.2 Å². The molecule has 0 bridgehead atoms. The van der Waals surface area contributed by atoms with Crippen molar-refractivity contribution in [1.82, 2.24) is 9.88 Å². The van der Waals surface area contributed by atoms with Crippen LogP contribution < -0.4 is 5.32 Å². The van der Waals surface area contributed by atoms with Crippen LogP contribution >= 0.6 is 0 Å². The summed E-state index contributed by atoms with van der Waals surface area (Å²) >= 11 is 0. The predicted octanol–water partition coefficient (Wildman–Crippen LogP) is 2.38.